The van der Waals surface area contributed by atoms with Crippen molar-refractivity contribution in [3.63, 3.8) is 0 Å². The van der Waals surface area contributed by atoms with Crippen LogP contribution in [0.4, 0.5) is 0 Å². The molecule has 0 bridgehead atoms. The standard InChI is InChI=1S/C14H13NO4S/c16-13(11-6-2-1-3-7-11)10-14(20(17,18)19)12-8-4-5-9-15-12/h1-9,14H,10H2,(H,17,18,19). The summed E-state index contributed by atoms with van der Waals surface area (Å²) < 4.78 is 32.2. The van der Waals surface area contributed by atoms with Crippen molar-refractivity contribution in [1.82, 2.24) is 4.98 Å². The average Bonchev–Trinajstić information content (AvgIpc) is 2.45. The van der Waals surface area contributed by atoms with Gasteiger partial charge in [-0.3, -0.25) is 14.3 Å². The molecule has 0 spiro atoms. The number of rotatable bonds is 5. The van der Waals surface area contributed by atoms with Crippen LogP contribution in [-0.4, -0.2) is 23.7 Å². The molecule has 1 atom stereocenters. The number of carbonyl (C=O) groups is 1. The fraction of sp³-hybridized carbons (Fsp3) is 0.143. The zero-order chi connectivity index (χ0) is 14.6. The van der Waals surface area contributed by atoms with E-state index in [1.165, 1.54) is 12.3 Å². The van der Waals surface area contributed by atoms with E-state index in [9.17, 15) is 17.8 Å². The van der Waals surface area contributed by atoms with Gasteiger partial charge in [-0.25, -0.2) is 0 Å². The molecule has 6 heteroatoms. The van der Waals surface area contributed by atoms with Gasteiger partial charge in [-0.15, -0.1) is 0 Å². The molecule has 0 aliphatic heterocycles. The first-order valence-electron chi connectivity index (χ1n) is 5.94. The minimum absolute atomic E-state index is 0.152. The van der Waals surface area contributed by atoms with Crippen molar-refractivity contribution < 1.29 is 17.8 Å². The van der Waals surface area contributed by atoms with Crippen LogP contribution in [0.15, 0.2) is 54.7 Å². The third-order valence-corrected chi connectivity index (χ3v) is 3.97. The van der Waals surface area contributed by atoms with Gasteiger partial charge in [0.2, 0.25) is 0 Å². The van der Waals surface area contributed by atoms with Gasteiger partial charge in [0.15, 0.2) is 5.78 Å². The first-order chi connectivity index (χ1) is 9.48. The minimum atomic E-state index is -4.40. The molecule has 0 fully saturated rings. The number of pyridine rings is 1. The lowest BCUT2D eigenvalue weighted by Gasteiger charge is -2.12. The lowest BCUT2D eigenvalue weighted by Crippen LogP contribution is -2.17. The summed E-state index contributed by atoms with van der Waals surface area (Å²) >= 11 is 0. The molecule has 0 saturated heterocycles. The van der Waals surface area contributed by atoms with Crippen LogP contribution in [0.5, 0.6) is 0 Å². The van der Waals surface area contributed by atoms with E-state index in [1.54, 1.807) is 42.5 Å². The normalized spacial score (nSPS) is 12.8. The van der Waals surface area contributed by atoms with E-state index in [4.69, 9.17) is 0 Å². The molecule has 1 unspecified atom stereocenters. The van der Waals surface area contributed by atoms with E-state index in [2.05, 4.69) is 4.98 Å². The van der Waals surface area contributed by atoms with E-state index in [1.807, 2.05) is 0 Å². The van der Waals surface area contributed by atoms with E-state index in [-0.39, 0.29) is 17.9 Å². The van der Waals surface area contributed by atoms with Crippen molar-refractivity contribution in [3.05, 3.63) is 66.0 Å². The Hall–Kier alpha value is -2.05. The number of benzene rings is 1. The van der Waals surface area contributed by atoms with Gasteiger partial charge in [0.1, 0.15) is 5.25 Å². The topological polar surface area (TPSA) is 84.3 Å². The maximum Gasteiger partial charge on any atom is 0.274 e. The summed E-state index contributed by atoms with van der Waals surface area (Å²) in [6.45, 7) is 0. The fourth-order valence-corrected chi connectivity index (χ4v) is 2.65. The minimum Gasteiger partial charge on any atom is -0.294 e. The molecule has 104 valence electrons. The molecule has 1 aromatic heterocycles. The number of hydrogen-bond acceptors (Lipinski definition) is 4. The zero-order valence-corrected chi connectivity index (χ0v) is 11.3. The molecule has 2 rings (SSSR count). The van der Waals surface area contributed by atoms with Crippen LogP contribution in [-0.2, 0) is 10.1 Å². The van der Waals surface area contributed by atoms with Gasteiger partial charge in [0, 0.05) is 18.2 Å². The highest BCUT2D eigenvalue weighted by molar-refractivity contribution is 7.86. The summed E-state index contributed by atoms with van der Waals surface area (Å²) in [5.41, 5.74) is 0.552. The number of hydrogen-bond donors (Lipinski definition) is 1. The predicted octanol–water partition coefficient (Wildman–Crippen LogP) is 2.28. The van der Waals surface area contributed by atoms with Gasteiger partial charge in [0.25, 0.3) is 10.1 Å². The van der Waals surface area contributed by atoms with Crippen LogP contribution < -0.4 is 0 Å². The van der Waals surface area contributed by atoms with Crippen molar-refractivity contribution in [3.8, 4) is 0 Å². The summed E-state index contributed by atoms with van der Waals surface area (Å²) in [5, 5.41) is -1.35. The Morgan fingerprint density at radius 3 is 2.30 bits per heavy atom. The van der Waals surface area contributed by atoms with Crippen molar-refractivity contribution in [1.29, 1.82) is 0 Å². The summed E-state index contributed by atoms with van der Waals surface area (Å²) in [6, 6.07) is 13.0. The Labute approximate surface area is 117 Å². The molecule has 1 N–H and O–H groups in total. The Bertz CT molecular complexity index is 684. The highest BCUT2D eigenvalue weighted by Gasteiger charge is 2.29. The second-order valence-electron chi connectivity index (χ2n) is 4.25. The second kappa shape index (κ2) is 5.94. The van der Waals surface area contributed by atoms with Crippen LogP contribution in [0, 0.1) is 0 Å². The molecule has 2 aromatic rings. The molecular formula is C14H13NO4S. The van der Waals surface area contributed by atoms with Crippen molar-refractivity contribution in [2.75, 3.05) is 0 Å². The van der Waals surface area contributed by atoms with Gasteiger partial charge in [-0.2, -0.15) is 8.42 Å². The van der Waals surface area contributed by atoms with Gasteiger partial charge < -0.3 is 0 Å². The van der Waals surface area contributed by atoms with Crippen LogP contribution >= 0.6 is 0 Å². The smallest absolute Gasteiger partial charge is 0.274 e. The number of Topliss-reactive ketones (excluding diaryl/α,β-unsaturated/α-hetero) is 1. The van der Waals surface area contributed by atoms with E-state index < -0.39 is 15.4 Å². The first kappa shape index (κ1) is 14.4. The van der Waals surface area contributed by atoms with Crippen LogP contribution in [0.3, 0.4) is 0 Å². The molecule has 0 amide bonds. The second-order valence-corrected chi connectivity index (χ2v) is 5.85. The number of carbonyl (C=O) groups excluding carboxylic acids is 1. The van der Waals surface area contributed by atoms with E-state index in [0.717, 1.165) is 0 Å². The zero-order valence-electron chi connectivity index (χ0n) is 10.5. The van der Waals surface area contributed by atoms with Crippen LogP contribution in [0.2, 0.25) is 0 Å². The Morgan fingerprint density at radius 1 is 1.10 bits per heavy atom. The SMILES string of the molecule is O=C(CC(c1ccccn1)S(=O)(=O)O)c1ccccc1. The summed E-state index contributed by atoms with van der Waals surface area (Å²) in [4.78, 5) is 16.0. The van der Waals surface area contributed by atoms with Gasteiger partial charge >= 0.3 is 0 Å². The van der Waals surface area contributed by atoms with Crippen molar-refractivity contribution >= 4 is 15.9 Å². The van der Waals surface area contributed by atoms with E-state index in [0.29, 0.717) is 5.56 Å². The van der Waals surface area contributed by atoms with Crippen molar-refractivity contribution in [2.24, 2.45) is 0 Å². The van der Waals surface area contributed by atoms with Crippen LogP contribution in [0.25, 0.3) is 0 Å². The fourth-order valence-electron chi connectivity index (χ4n) is 1.84. The molecule has 1 aromatic carbocycles. The molecule has 0 saturated carbocycles. The summed E-state index contributed by atoms with van der Waals surface area (Å²) in [6.07, 6.45) is 1.07. The molecule has 0 radical (unpaired) electrons. The van der Waals surface area contributed by atoms with E-state index >= 15 is 0 Å². The molecule has 20 heavy (non-hydrogen) atoms. The van der Waals surface area contributed by atoms with Crippen molar-refractivity contribution in [2.45, 2.75) is 11.7 Å². The molecule has 0 aliphatic carbocycles. The lowest BCUT2D eigenvalue weighted by atomic mass is 10.1. The quantitative estimate of drug-likeness (QED) is 0.675. The van der Waals surface area contributed by atoms with Gasteiger partial charge in [-0.05, 0) is 12.1 Å². The largest absolute Gasteiger partial charge is 0.294 e. The average molecular weight is 291 g/mol. The van der Waals surface area contributed by atoms with Crippen LogP contribution in [0.1, 0.15) is 27.7 Å². The Kier molecular flexibility index (Phi) is 4.26. The highest BCUT2D eigenvalue weighted by Crippen LogP contribution is 2.25. The predicted molar refractivity (Wildman–Crippen MR) is 73.9 cm³/mol. The highest BCUT2D eigenvalue weighted by atomic mass is 32.2. The third kappa shape index (κ3) is 3.49. The monoisotopic (exact) mass is 291 g/mol. The number of ketones is 1. The maximum absolute atomic E-state index is 12.1. The number of nitrogens with zero attached hydrogens (tertiary/aromatic N) is 1. The first-order valence-corrected chi connectivity index (χ1v) is 7.44. The van der Waals surface area contributed by atoms with Gasteiger partial charge in [-0.1, -0.05) is 36.4 Å². The molecular weight excluding hydrogens is 278 g/mol. The Morgan fingerprint density at radius 2 is 1.75 bits per heavy atom. The summed E-state index contributed by atoms with van der Waals surface area (Å²) in [7, 11) is -4.40. The lowest BCUT2D eigenvalue weighted by molar-refractivity contribution is 0.0979. The molecule has 1 heterocycles. The molecule has 0 aliphatic rings. The molecule has 5 nitrogen and oxygen atoms in total. The summed E-state index contributed by atoms with van der Waals surface area (Å²) in [5.74, 6) is -0.362. The number of aromatic nitrogens is 1. The third-order valence-electron chi connectivity index (χ3n) is 2.84. The van der Waals surface area contributed by atoms with Gasteiger partial charge in [0.05, 0.1) is 5.69 Å². The maximum atomic E-state index is 12.1. The Balaban J connectivity index is 2.29.